The highest BCUT2D eigenvalue weighted by Crippen LogP contribution is 2.28. The van der Waals surface area contributed by atoms with E-state index in [0.29, 0.717) is 23.1 Å². The SMILES string of the molecule is O=C(Cc1csc2ccccc12)NC1=NNC(CCSCCc2nnc(NC(=O)Cc3csc4ccccc34)s2)S1. The summed E-state index contributed by atoms with van der Waals surface area (Å²) in [6.45, 7) is 0. The summed E-state index contributed by atoms with van der Waals surface area (Å²) >= 11 is 8.14. The number of carbonyl (C=O) groups excluding carboxylic acids is 2. The van der Waals surface area contributed by atoms with Crippen molar-refractivity contribution in [3.05, 3.63) is 75.4 Å². The predicted molar refractivity (Wildman–Crippen MR) is 175 cm³/mol. The van der Waals surface area contributed by atoms with E-state index in [4.69, 9.17) is 0 Å². The van der Waals surface area contributed by atoms with Gasteiger partial charge in [0.1, 0.15) is 5.01 Å². The molecule has 0 aliphatic carbocycles. The molecule has 0 bridgehead atoms. The zero-order valence-corrected chi connectivity index (χ0v) is 25.9. The molecule has 41 heavy (non-hydrogen) atoms. The van der Waals surface area contributed by atoms with Crippen LogP contribution in [-0.2, 0) is 28.9 Å². The normalized spacial score (nSPS) is 14.7. The Morgan fingerprint density at radius 2 is 1.51 bits per heavy atom. The number of thioether (sulfide) groups is 2. The second-order valence-electron chi connectivity index (χ2n) is 9.27. The number of carbonyl (C=O) groups is 2. The summed E-state index contributed by atoms with van der Waals surface area (Å²) < 4.78 is 2.38. The number of anilines is 1. The molecule has 1 aliphatic heterocycles. The molecule has 3 aromatic heterocycles. The van der Waals surface area contributed by atoms with Gasteiger partial charge in [0, 0.05) is 15.8 Å². The molecule has 13 heteroatoms. The molecule has 8 nitrogen and oxygen atoms in total. The van der Waals surface area contributed by atoms with E-state index in [0.717, 1.165) is 51.3 Å². The lowest BCUT2D eigenvalue weighted by Gasteiger charge is -2.08. The first-order chi connectivity index (χ1) is 20.1. The van der Waals surface area contributed by atoms with Crippen molar-refractivity contribution < 1.29 is 9.59 Å². The Hall–Kier alpha value is -2.97. The maximum absolute atomic E-state index is 12.6. The van der Waals surface area contributed by atoms with E-state index in [9.17, 15) is 9.59 Å². The van der Waals surface area contributed by atoms with E-state index in [1.54, 1.807) is 34.4 Å². The van der Waals surface area contributed by atoms with E-state index in [-0.39, 0.29) is 17.2 Å². The fourth-order valence-electron chi connectivity index (χ4n) is 4.37. The Morgan fingerprint density at radius 3 is 2.22 bits per heavy atom. The summed E-state index contributed by atoms with van der Waals surface area (Å²) in [5.41, 5.74) is 5.20. The molecule has 0 fully saturated rings. The van der Waals surface area contributed by atoms with Crippen LogP contribution in [0.25, 0.3) is 20.2 Å². The number of nitrogens with one attached hydrogen (secondary N) is 3. The number of fused-ring (bicyclic) bond motifs is 2. The standard InChI is InChI=1S/C28H26N6O2S5/c35-23(13-17-15-38-21-7-3-1-5-19(17)21)29-27-33-31-25(40-27)9-11-37-12-10-26-32-34-28(41-26)30-24(36)14-18-16-39-22-8-4-2-6-20(18)22/h1-8,15-16,25,31H,9-14H2,(H,29,33,35)(H,30,34,36). The van der Waals surface area contributed by atoms with Crippen LogP contribution in [0.4, 0.5) is 5.13 Å². The van der Waals surface area contributed by atoms with Crippen molar-refractivity contribution >= 4 is 99.8 Å². The van der Waals surface area contributed by atoms with Crippen molar-refractivity contribution in [3.8, 4) is 0 Å². The molecule has 1 unspecified atom stereocenters. The lowest BCUT2D eigenvalue weighted by Crippen LogP contribution is -2.29. The maximum atomic E-state index is 12.6. The average Bonchev–Trinajstić information content (AvgIpc) is 3.78. The molecule has 0 saturated carbocycles. The Bertz CT molecular complexity index is 1710. The van der Waals surface area contributed by atoms with E-state index >= 15 is 0 Å². The van der Waals surface area contributed by atoms with E-state index in [1.807, 2.05) is 41.4 Å². The minimum Gasteiger partial charge on any atom is -0.303 e. The second kappa shape index (κ2) is 13.3. The molecule has 1 aliphatic rings. The van der Waals surface area contributed by atoms with Crippen LogP contribution >= 0.6 is 57.5 Å². The van der Waals surface area contributed by atoms with Gasteiger partial charge in [0.2, 0.25) is 16.9 Å². The van der Waals surface area contributed by atoms with E-state index in [2.05, 4.69) is 61.0 Å². The zero-order chi connectivity index (χ0) is 28.0. The van der Waals surface area contributed by atoms with Gasteiger partial charge in [-0.2, -0.15) is 16.9 Å². The van der Waals surface area contributed by atoms with Gasteiger partial charge in [0.25, 0.3) is 0 Å². The number of amides is 2. The molecule has 0 radical (unpaired) electrons. The van der Waals surface area contributed by atoms with Gasteiger partial charge in [-0.25, -0.2) is 0 Å². The number of nitrogens with zero attached hydrogens (tertiary/aromatic N) is 3. The van der Waals surface area contributed by atoms with Crippen LogP contribution in [0.5, 0.6) is 0 Å². The molecule has 2 aromatic carbocycles. The van der Waals surface area contributed by atoms with Crippen molar-refractivity contribution in [2.24, 2.45) is 5.10 Å². The third-order valence-corrected chi connectivity index (χ3v) is 11.3. The van der Waals surface area contributed by atoms with Gasteiger partial charge in [0.15, 0.2) is 5.17 Å². The summed E-state index contributed by atoms with van der Waals surface area (Å²) in [6, 6.07) is 16.3. The fraction of sp³-hybridized carbons (Fsp3) is 0.250. The first-order valence-corrected chi connectivity index (χ1v) is 17.6. The first-order valence-electron chi connectivity index (χ1n) is 13.0. The summed E-state index contributed by atoms with van der Waals surface area (Å²) in [5.74, 6) is 1.74. The smallest absolute Gasteiger partial charge is 0.230 e. The summed E-state index contributed by atoms with van der Waals surface area (Å²) in [4.78, 5) is 25.1. The van der Waals surface area contributed by atoms with Crippen LogP contribution in [0.2, 0.25) is 0 Å². The number of benzene rings is 2. The van der Waals surface area contributed by atoms with Crippen LogP contribution in [0, 0.1) is 0 Å². The van der Waals surface area contributed by atoms with Crippen LogP contribution in [0.3, 0.4) is 0 Å². The molecule has 0 spiro atoms. The molecular weight excluding hydrogens is 613 g/mol. The quantitative estimate of drug-likeness (QED) is 0.150. The predicted octanol–water partition coefficient (Wildman–Crippen LogP) is 6.11. The summed E-state index contributed by atoms with van der Waals surface area (Å²) in [7, 11) is 0. The van der Waals surface area contributed by atoms with Gasteiger partial charge in [-0.15, -0.1) is 32.9 Å². The van der Waals surface area contributed by atoms with Crippen molar-refractivity contribution in [3.63, 3.8) is 0 Å². The van der Waals surface area contributed by atoms with Gasteiger partial charge in [0.05, 0.1) is 18.2 Å². The molecule has 210 valence electrons. The van der Waals surface area contributed by atoms with Gasteiger partial charge in [-0.3, -0.25) is 15.0 Å². The van der Waals surface area contributed by atoms with Crippen LogP contribution in [0.15, 0.2) is 64.4 Å². The molecule has 6 rings (SSSR count). The number of hydrazone groups is 1. The van der Waals surface area contributed by atoms with Crippen LogP contribution in [-0.4, -0.2) is 44.1 Å². The number of aromatic nitrogens is 2. The van der Waals surface area contributed by atoms with E-state index < -0.39 is 0 Å². The molecule has 5 aromatic rings. The average molecular weight is 639 g/mol. The topological polar surface area (TPSA) is 108 Å². The maximum Gasteiger partial charge on any atom is 0.230 e. The lowest BCUT2D eigenvalue weighted by molar-refractivity contribution is -0.119. The highest BCUT2D eigenvalue weighted by molar-refractivity contribution is 8.14. The van der Waals surface area contributed by atoms with Crippen molar-refractivity contribution in [2.45, 2.75) is 31.1 Å². The Balaban J connectivity index is 0.862. The molecule has 2 amide bonds. The number of thiophene rings is 2. The number of hydrogen-bond acceptors (Lipinski definition) is 11. The van der Waals surface area contributed by atoms with Crippen molar-refractivity contribution in [2.75, 3.05) is 16.8 Å². The molecular formula is C28H26N6O2S5. The third-order valence-electron chi connectivity index (χ3n) is 6.33. The Morgan fingerprint density at radius 1 is 0.854 bits per heavy atom. The minimum absolute atomic E-state index is 0.0517. The van der Waals surface area contributed by atoms with Crippen molar-refractivity contribution in [1.82, 2.24) is 20.9 Å². The number of amidine groups is 1. The lowest BCUT2D eigenvalue weighted by atomic mass is 10.1. The monoisotopic (exact) mass is 638 g/mol. The number of hydrogen-bond donors (Lipinski definition) is 3. The van der Waals surface area contributed by atoms with Crippen LogP contribution < -0.4 is 16.1 Å². The largest absolute Gasteiger partial charge is 0.303 e. The van der Waals surface area contributed by atoms with Crippen LogP contribution in [0.1, 0.15) is 22.6 Å². The first kappa shape index (κ1) is 28.2. The number of rotatable bonds is 11. The third kappa shape index (κ3) is 7.28. The van der Waals surface area contributed by atoms with Gasteiger partial charge >= 0.3 is 0 Å². The van der Waals surface area contributed by atoms with Crippen molar-refractivity contribution in [1.29, 1.82) is 0 Å². The minimum atomic E-state index is -0.0788. The summed E-state index contributed by atoms with van der Waals surface area (Å²) in [5, 5.41) is 27.1. The molecule has 3 N–H and O–H groups in total. The molecule has 1 atom stereocenters. The van der Waals surface area contributed by atoms with Gasteiger partial charge < -0.3 is 10.6 Å². The van der Waals surface area contributed by atoms with Gasteiger partial charge in [-0.1, -0.05) is 59.5 Å². The fourth-order valence-corrected chi connectivity index (χ4v) is 9.16. The summed E-state index contributed by atoms with van der Waals surface area (Å²) in [6.07, 6.45) is 2.38. The Labute approximate surface area is 257 Å². The second-order valence-corrected chi connectivity index (χ2v) is 14.6. The van der Waals surface area contributed by atoms with E-state index in [1.165, 1.54) is 20.7 Å². The highest BCUT2D eigenvalue weighted by atomic mass is 32.2. The zero-order valence-electron chi connectivity index (χ0n) is 21.8. The number of aryl methyl sites for hydroxylation is 1. The molecule has 0 saturated heterocycles. The Kier molecular flexibility index (Phi) is 9.16. The highest BCUT2D eigenvalue weighted by Gasteiger charge is 2.21. The van der Waals surface area contributed by atoms with Gasteiger partial charge in [-0.05, 0) is 62.7 Å². The molecule has 4 heterocycles.